The van der Waals surface area contributed by atoms with Crippen molar-refractivity contribution in [1.29, 1.82) is 0 Å². The first-order valence-corrected chi connectivity index (χ1v) is 9.38. The molecule has 0 bridgehead atoms. The van der Waals surface area contributed by atoms with E-state index >= 15 is 0 Å². The second kappa shape index (κ2) is 6.37. The van der Waals surface area contributed by atoms with Gasteiger partial charge in [0, 0.05) is 33.5 Å². The Bertz CT molecular complexity index is 921. The molecule has 0 aliphatic carbocycles. The number of aromatic amines is 1. The lowest BCUT2D eigenvalue weighted by atomic mass is 10.0. The van der Waals surface area contributed by atoms with Crippen LogP contribution in [0, 0.1) is 5.82 Å². The lowest BCUT2D eigenvalue weighted by Gasteiger charge is -2.04. The first kappa shape index (κ1) is 16.1. The van der Waals surface area contributed by atoms with Crippen LogP contribution in [0.3, 0.4) is 0 Å². The average Bonchev–Trinajstić information content (AvgIpc) is 2.86. The van der Waals surface area contributed by atoms with E-state index in [4.69, 9.17) is 0 Å². The summed E-state index contributed by atoms with van der Waals surface area (Å²) in [6.45, 7) is 0. The van der Waals surface area contributed by atoms with Gasteiger partial charge in [-0.25, -0.2) is 4.39 Å². The first-order chi connectivity index (χ1) is 11.0. The third-order valence-electron chi connectivity index (χ3n) is 3.52. The van der Waals surface area contributed by atoms with E-state index in [0.29, 0.717) is 21.2 Å². The monoisotopic (exact) mass is 393 g/mol. The molecule has 6 heteroatoms. The van der Waals surface area contributed by atoms with Crippen LogP contribution in [-0.4, -0.2) is 27.0 Å². The number of carbonyl (C=O) groups excluding carboxylic acids is 1. The number of rotatable bonds is 4. The molecule has 0 fully saturated rings. The number of halogens is 2. The molecule has 1 heterocycles. The highest BCUT2D eigenvalue weighted by Crippen LogP contribution is 2.35. The van der Waals surface area contributed by atoms with E-state index in [1.807, 2.05) is 30.3 Å². The van der Waals surface area contributed by atoms with Crippen LogP contribution in [0.25, 0.3) is 22.0 Å². The fraction of sp³-hybridized carbons (Fsp3) is 0.118. The first-order valence-electron chi connectivity index (χ1n) is 6.86. The van der Waals surface area contributed by atoms with E-state index in [-0.39, 0.29) is 11.5 Å². The van der Waals surface area contributed by atoms with Crippen molar-refractivity contribution in [2.75, 3.05) is 12.0 Å². The number of ketones is 1. The summed E-state index contributed by atoms with van der Waals surface area (Å²) in [4.78, 5) is 15.4. The van der Waals surface area contributed by atoms with Crippen molar-refractivity contribution in [3.8, 4) is 11.1 Å². The molecule has 0 aliphatic heterocycles. The summed E-state index contributed by atoms with van der Waals surface area (Å²) in [7, 11) is -1.24. The third-order valence-corrected chi connectivity index (χ3v) is 4.79. The molecule has 0 saturated carbocycles. The van der Waals surface area contributed by atoms with Crippen LogP contribution in [0.5, 0.6) is 0 Å². The van der Waals surface area contributed by atoms with Crippen LogP contribution in [0.4, 0.5) is 4.39 Å². The van der Waals surface area contributed by atoms with Crippen LogP contribution in [0.1, 0.15) is 10.5 Å². The second-order valence-corrected chi connectivity index (χ2v) is 7.48. The minimum atomic E-state index is -1.24. The van der Waals surface area contributed by atoms with Gasteiger partial charge in [0.05, 0.1) is 15.9 Å². The molecule has 3 nitrogen and oxygen atoms in total. The van der Waals surface area contributed by atoms with Crippen molar-refractivity contribution in [3.63, 3.8) is 0 Å². The highest BCUT2D eigenvalue weighted by molar-refractivity contribution is 9.10. The molecule has 1 atom stereocenters. The molecular formula is C17H13BrFNO2S. The van der Waals surface area contributed by atoms with Crippen molar-refractivity contribution >= 4 is 43.4 Å². The Morgan fingerprint density at radius 1 is 1.26 bits per heavy atom. The fourth-order valence-electron chi connectivity index (χ4n) is 2.56. The van der Waals surface area contributed by atoms with Gasteiger partial charge in [0.2, 0.25) is 0 Å². The van der Waals surface area contributed by atoms with Crippen molar-refractivity contribution in [2.45, 2.75) is 0 Å². The van der Waals surface area contributed by atoms with Gasteiger partial charge in [0.25, 0.3) is 0 Å². The molecule has 0 saturated heterocycles. The van der Waals surface area contributed by atoms with E-state index in [9.17, 15) is 13.4 Å². The van der Waals surface area contributed by atoms with Gasteiger partial charge in [-0.1, -0.05) is 30.3 Å². The van der Waals surface area contributed by atoms with E-state index < -0.39 is 16.6 Å². The number of nitrogens with one attached hydrogen (secondary N) is 1. The van der Waals surface area contributed by atoms with Gasteiger partial charge in [-0.2, -0.15) is 0 Å². The Morgan fingerprint density at radius 3 is 2.61 bits per heavy atom. The van der Waals surface area contributed by atoms with E-state index in [0.717, 1.165) is 10.9 Å². The molecule has 1 N–H and O–H groups in total. The number of hydrogen-bond donors (Lipinski definition) is 1. The number of Topliss-reactive ketones (excluding diaryl/α,β-unsaturated/α-hetero) is 1. The van der Waals surface area contributed by atoms with Gasteiger partial charge in [-0.05, 0) is 33.6 Å². The summed E-state index contributed by atoms with van der Waals surface area (Å²) >= 11 is 3.19. The van der Waals surface area contributed by atoms with Gasteiger partial charge in [0.1, 0.15) is 5.82 Å². The zero-order valence-electron chi connectivity index (χ0n) is 12.2. The minimum absolute atomic E-state index is 0.0731. The summed E-state index contributed by atoms with van der Waals surface area (Å²) < 4.78 is 25.5. The number of hydrogen-bond acceptors (Lipinski definition) is 2. The third kappa shape index (κ3) is 3.14. The number of aromatic nitrogens is 1. The van der Waals surface area contributed by atoms with Crippen molar-refractivity contribution in [1.82, 2.24) is 4.98 Å². The normalized spacial score (nSPS) is 12.5. The highest BCUT2D eigenvalue weighted by Gasteiger charge is 2.21. The Labute approximate surface area is 143 Å². The summed E-state index contributed by atoms with van der Waals surface area (Å²) in [6.07, 6.45) is 1.49. The lowest BCUT2D eigenvalue weighted by Crippen LogP contribution is -2.11. The number of H-pyrrole nitrogens is 1. The van der Waals surface area contributed by atoms with E-state index in [1.54, 1.807) is 6.07 Å². The summed E-state index contributed by atoms with van der Waals surface area (Å²) in [5.74, 6) is -0.732. The Morgan fingerprint density at radius 2 is 1.96 bits per heavy atom. The average molecular weight is 394 g/mol. The predicted octanol–water partition coefficient (Wildman–Crippen LogP) is 4.30. The maximum atomic E-state index is 13.8. The van der Waals surface area contributed by atoms with E-state index in [2.05, 4.69) is 20.9 Å². The molecule has 0 amide bonds. The van der Waals surface area contributed by atoms with Gasteiger partial charge in [-0.3, -0.25) is 9.00 Å². The smallest absolute Gasteiger partial charge is 0.192 e. The van der Waals surface area contributed by atoms with Gasteiger partial charge in [0.15, 0.2) is 5.78 Å². The van der Waals surface area contributed by atoms with E-state index in [1.165, 1.54) is 12.3 Å². The maximum absolute atomic E-state index is 13.8. The van der Waals surface area contributed by atoms with Gasteiger partial charge in [-0.15, -0.1) is 0 Å². The topological polar surface area (TPSA) is 49.9 Å². The van der Waals surface area contributed by atoms with Crippen LogP contribution in [0.15, 0.2) is 46.9 Å². The maximum Gasteiger partial charge on any atom is 0.192 e. The Kier molecular flexibility index (Phi) is 4.46. The van der Waals surface area contributed by atoms with Crippen molar-refractivity contribution in [3.05, 3.63) is 58.4 Å². The molecular weight excluding hydrogens is 381 g/mol. The molecule has 0 spiro atoms. The zero-order chi connectivity index (χ0) is 16.6. The minimum Gasteiger partial charge on any atom is -0.351 e. The lowest BCUT2D eigenvalue weighted by molar-refractivity contribution is 0.101. The van der Waals surface area contributed by atoms with Gasteiger partial charge >= 0.3 is 0 Å². The fourth-order valence-corrected chi connectivity index (χ4v) is 3.42. The van der Waals surface area contributed by atoms with Crippen LogP contribution >= 0.6 is 15.9 Å². The SMILES string of the molecule is CS(=O)CC(=O)c1[nH]c2cc(F)c(Br)cc2c1-c1ccccc1. The number of fused-ring (bicyclic) bond motifs is 1. The quantitative estimate of drug-likeness (QED) is 0.671. The Hall–Kier alpha value is -1.79. The molecule has 2 aromatic carbocycles. The number of carbonyl (C=O) groups is 1. The summed E-state index contributed by atoms with van der Waals surface area (Å²) in [5, 5.41) is 0.745. The van der Waals surface area contributed by atoms with Crippen LogP contribution in [0.2, 0.25) is 0 Å². The molecule has 23 heavy (non-hydrogen) atoms. The van der Waals surface area contributed by atoms with Crippen molar-refractivity contribution in [2.24, 2.45) is 0 Å². The molecule has 118 valence electrons. The zero-order valence-corrected chi connectivity index (χ0v) is 14.6. The molecule has 0 radical (unpaired) electrons. The molecule has 3 rings (SSSR count). The second-order valence-electron chi connectivity index (χ2n) is 5.19. The van der Waals surface area contributed by atoms with Crippen LogP contribution in [-0.2, 0) is 10.8 Å². The largest absolute Gasteiger partial charge is 0.351 e. The molecule has 3 aromatic rings. The summed E-state index contributed by atoms with van der Waals surface area (Å²) in [6, 6.07) is 12.4. The standard InChI is InChI=1S/C17H13BrFNO2S/c1-23(22)9-15(21)17-16(10-5-3-2-4-6-10)11-7-12(18)13(19)8-14(11)20-17/h2-8,20H,9H2,1H3. The van der Waals surface area contributed by atoms with Crippen LogP contribution < -0.4 is 0 Å². The molecule has 0 aliphatic rings. The number of benzene rings is 2. The van der Waals surface area contributed by atoms with Gasteiger partial charge < -0.3 is 4.98 Å². The predicted molar refractivity (Wildman–Crippen MR) is 94.7 cm³/mol. The molecule has 1 unspecified atom stereocenters. The Balaban J connectivity index is 2.30. The highest BCUT2D eigenvalue weighted by atomic mass is 79.9. The molecule has 1 aromatic heterocycles. The van der Waals surface area contributed by atoms with Crippen molar-refractivity contribution < 1.29 is 13.4 Å². The summed E-state index contributed by atoms with van der Waals surface area (Å²) in [5.41, 5.74) is 2.45.